The van der Waals surface area contributed by atoms with Gasteiger partial charge in [-0.1, -0.05) is 46.5 Å². The molecule has 1 unspecified atom stereocenters. The lowest BCUT2D eigenvalue weighted by atomic mass is 9.92. The molecule has 0 bridgehead atoms. The summed E-state index contributed by atoms with van der Waals surface area (Å²) in [6.07, 6.45) is 7.67. The van der Waals surface area contributed by atoms with E-state index in [1.54, 1.807) is 0 Å². The van der Waals surface area contributed by atoms with Crippen LogP contribution >= 0.6 is 0 Å². The Morgan fingerprint density at radius 3 is 2.06 bits per heavy atom. The fourth-order valence-corrected chi connectivity index (χ4v) is 2.21. The molecule has 0 saturated heterocycles. The molecular weight excluding hydrogens is 198 g/mol. The highest BCUT2D eigenvalue weighted by Crippen LogP contribution is 2.18. The molecule has 0 spiro atoms. The predicted molar refractivity (Wildman–Crippen MR) is 71.8 cm³/mol. The summed E-state index contributed by atoms with van der Waals surface area (Å²) in [7, 11) is 0. The molecule has 0 aliphatic carbocycles. The summed E-state index contributed by atoms with van der Waals surface area (Å²) >= 11 is 0. The van der Waals surface area contributed by atoms with Crippen molar-refractivity contribution in [1.29, 1.82) is 0 Å². The maximum Gasteiger partial charge on any atom is 0.0771 e. The summed E-state index contributed by atoms with van der Waals surface area (Å²) < 4.78 is 0. The second kappa shape index (κ2) is 9.00. The maximum absolute atomic E-state index is 10.4. The zero-order valence-electron chi connectivity index (χ0n) is 11.7. The van der Waals surface area contributed by atoms with E-state index in [-0.39, 0.29) is 0 Å². The Kier molecular flexibility index (Phi) is 8.96. The number of hydrogen-bond donors (Lipinski definition) is 2. The molecule has 0 aromatic rings. The van der Waals surface area contributed by atoms with Crippen LogP contribution < -0.4 is 5.32 Å². The quantitative estimate of drug-likeness (QED) is 0.601. The van der Waals surface area contributed by atoms with Crippen molar-refractivity contribution < 1.29 is 5.11 Å². The lowest BCUT2D eigenvalue weighted by molar-refractivity contribution is 0.0194. The average Bonchev–Trinajstić information content (AvgIpc) is 2.24. The fourth-order valence-electron chi connectivity index (χ4n) is 2.21. The molecule has 0 radical (unpaired) electrons. The third kappa shape index (κ3) is 7.24. The topological polar surface area (TPSA) is 32.3 Å². The molecule has 98 valence electrons. The molecule has 0 rings (SSSR count). The minimum atomic E-state index is -0.482. The molecular formula is C14H31NO. The van der Waals surface area contributed by atoms with Crippen molar-refractivity contribution in [3.63, 3.8) is 0 Å². The van der Waals surface area contributed by atoms with E-state index in [9.17, 15) is 5.11 Å². The molecule has 0 amide bonds. The molecule has 2 N–H and O–H groups in total. The van der Waals surface area contributed by atoms with Crippen molar-refractivity contribution in [3.05, 3.63) is 0 Å². The van der Waals surface area contributed by atoms with Crippen LogP contribution in [-0.2, 0) is 0 Å². The Morgan fingerprint density at radius 2 is 1.62 bits per heavy atom. The smallest absolute Gasteiger partial charge is 0.0771 e. The highest BCUT2D eigenvalue weighted by Gasteiger charge is 2.24. The highest BCUT2D eigenvalue weighted by molar-refractivity contribution is 4.81. The third-order valence-electron chi connectivity index (χ3n) is 3.20. The van der Waals surface area contributed by atoms with E-state index in [0.717, 1.165) is 32.2 Å². The van der Waals surface area contributed by atoms with Crippen molar-refractivity contribution in [2.75, 3.05) is 6.54 Å². The van der Waals surface area contributed by atoms with Crippen LogP contribution in [0.3, 0.4) is 0 Å². The van der Waals surface area contributed by atoms with Crippen LogP contribution in [-0.4, -0.2) is 23.3 Å². The summed E-state index contributed by atoms with van der Waals surface area (Å²) in [4.78, 5) is 0. The van der Waals surface area contributed by atoms with E-state index in [1.165, 1.54) is 19.3 Å². The van der Waals surface area contributed by atoms with Gasteiger partial charge in [-0.05, 0) is 26.2 Å². The lowest BCUT2D eigenvalue weighted by Crippen LogP contribution is -2.43. The first-order valence-corrected chi connectivity index (χ1v) is 7.03. The molecule has 0 aliphatic heterocycles. The number of aliphatic hydroxyl groups is 1. The normalized spacial score (nSPS) is 14.1. The summed E-state index contributed by atoms with van der Waals surface area (Å²) in [5.74, 6) is 0. The Balaban J connectivity index is 3.90. The highest BCUT2D eigenvalue weighted by atomic mass is 16.3. The maximum atomic E-state index is 10.4. The molecule has 0 aromatic carbocycles. The molecule has 0 aromatic heterocycles. The molecule has 0 saturated carbocycles. The zero-order valence-corrected chi connectivity index (χ0v) is 11.7. The van der Waals surface area contributed by atoms with Crippen molar-refractivity contribution in [3.8, 4) is 0 Å². The van der Waals surface area contributed by atoms with Gasteiger partial charge in [-0.15, -0.1) is 0 Å². The summed E-state index contributed by atoms with van der Waals surface area (Å²) in [5, 5.41) is 13.9. The fraction of sp³-hybridized carbons (Fsp3) is 1.00. The monoisotopic (exact) mass is 229 g/mol. The largest absolute Gasteiger partial charge is 0.389 e. The van der Waals surface area contributed by atoms with Crippen LogP contribution in [0.1, 0.15) is 72.6 Å². The van der Waals surface area contributed by atoms with Gasteiger partial charge in [-0.3, -0.25) is 0 Å². The van der Waals surface area contributed by atoms with Gasteiger partial charge in [0, 0.05) is 12.6 Å². The van der Waals surface area contributed by atoms with Gasteiger partial charge in [0.25, 0.3) is 0 Å². The molecule has 2 heteroatoms. The van der Waals surface area contributed by atoms with Crippen molar-refractivity contribution >= 4 is 0 Å². The Labute approximate surface area is 102 Å². The van der Waals surface area contributed by atoms with Gasteiger partial charge in [0.05, 0.1) is 5.60 Å². The van der Waals surface area contributed by atoms with E-state index in [0.29, 0.717) is 6.04 Å². The molecule has 0 aliphatic rings. The number of rotatable bonds is 10. The van der Waals surface area contributed by atoms with Gasteiger partial charge in [0.15, 0.2) is 0 Å². The van der Waals surface area contributed by atoms with Gasteiger partial charge in [0.1, 0.15) is 0 Å². The van der Waals surface area contributed by atoms with Gasteiger partial charge < -0.3 is 10.4 Å². The average molecular weight is 229 g/mol. The molecule has 16 heavy (non-hydrogen) atoms. The van der Waals surface area contributed by atoms with Crippen LogP contribution in [0, 0.1) is 0 Å². The number of hydrogen-bond acceptors (Lipinski definition) is 2. The predicted octanol–water partition coefficient (Wildman–Crippen LogP) is 3.49. The van der Waals surface area contributed by atoms with Gasteiger partial charge in [0.2, 0.25) is 0 Å². The Bertz CT molecular complexity index is 153. The first kappa shape index (κ1) is 15.9. The summed E-state index contributed by atoms with van der Waals surface area (Å²) in [6.45, 7) is 9.47. The second-order valence-corrected chi connectivity index (χ2v) is 5.15. The van der Waals surface area contributed by atoms with Crippen LogP contribution in [0.2, 0.25) is 0 Å². The van der Waals surface area contributed by atoms with E-state index in [1.807, 2.05) is 0 Å². The molecule has 0 fully saturated rings. The van der Waals surface area contributed by atoms with E-state index in [2.05, 4.69) is 33.0 Å². The van der Waals surface area contributed by atoms with Crippen LogP contribution in [0.25, 0.3) is 0 Å². The van der Waals surface area contributed by atoms with Gasteiger partial charge in [-0.2, -0.15) is 0 Å². The number of nitrogens with one attached hydrogen (secondary N) is 1. The van der Waals surface area contributed by atoms with Crippen molar-refractivity contribution in [2.24, 2.45) is 0 Å². The number of unbranched alkanes of at least 4 members (excludes halogenated alkanes) is 1. The van der Waals surface area contributed by atoms with Crippen molar-refractivity contribution in [2.45, 2.75) is 84.3 Å². The Hall–Kier alpha value is -0.0800. The molecule has 2 nitrogen and oxygen atoms in total. The standard InChI is InChI=1S/C14H31NO/c1-5-8-9-13(4)15-12-14(16,10-6-2)11-7-3/h13,15-16H,5-12H2,1-4H3. The first-order valence-electron chi connectivity index (χ1n) is 7.03. The zero-order chi connectivity index (χ0) is 12.4. The van der Waals surface area contributed by atoms with Crippen molar-refractivity contribution in [1.82, 2.24) is 5.32 Å². The second-order valence-electron chi connectivity index (χ2n) is 5.15. The van der Waals surface area contributed by atoms with Crippen LogP contribution in [0.15, 0.2) is 0 Å². The first-order chi connectivity index (χ1) is 7.58. The van der Waals surface area contributed by atoms with Crippen LogP contribution in [0.4, 0.5) is 0 Å². The summed E-state index contributed by atoms with van der Waals surface area (Å²) in [6, 6.07) is 0.528. The minimum Gasteiger partial charge on any atom is -0.389 e. The molecule has 1 atom stereocenters. The van der Waals surface area contributed by atoms with E-state index in [4.69, 9.17) is 0 Å². The van der Waals surface area contributed by atoms with E-state index >= 15 is 0 Å². The molecule has 0 heterocycles. The minimum absolute atomic E-state index is 0.482. The summed E-state index contributed by atoms with van der Waals surface area (Å²) in [5.41, 5.74) is -0.482. The van der Waals surface area contributed by atoms with E-state index < -0.39 is 5.60 Å². The lowest BCUT2D eigenvalue weighted by Gasteiger charge is -2.29. The van der Waals surface area contributed by atoms with Gasteiger partial charge >= 0.3 is 0 Å². The SMILES string of the molecule is CCCCC(C)NCC(O)(CCC)CCC. The Morgan fingerprint density at radius 1 is 1.06 bits per heavy atom. The van der Waals surface area contributed by atoms with Crippen LogP contribution in [0.5, 0.6) is 0 Å². The van der Waals surface area contributed by atoms with Gasteiger partial charge in [-0.25, -0.2) is 0 Å². The third-order valence-corrected chi connectivity index (χ3v) is 3.20.